The van der Waals surface area contributed by atoms with Crippen LogP contribution in [0.15, 0.2) is 54.6 Å². The molecule has 2 heterocycles. The minimum atomic E-state index is -2.94. The van der Waals surface area contributed by atoms with Crippen LogP contribution in [0.2, 0.25) is 0 Å². The molecule has 0 atom stereocenters. The van der Waals surface area contributed by atoms with Gasteiger partial charge in [-0.2, -0.15) is 8.78 Å². The fourth-order valence-electron chi connectivity index (χ4n) is 3.44. The maximum Gasteiger partial charge on any atom is 0.388 e. The second-order valence-corrected chi connectivity index (χ2v) is 6.85. The van der Waals surface area contributed by atoms with Gasteiger partial charge in [-0.3, -0.25) is 0 Å². The summed E-state index contributed by atoms with van der Waals surface area (Å²) >= 11 is 0. The predicted molar refractivity (Wildman–Crippen MR) is 104 cm³/mol. The predicted octanol–water partition coefficient (Wildman–Crippen LogP) is 4.47. The van der Waals surface area contributed by atoms with Crippen molar-refractivity contribution in [3.63, 3.8) is 0 Å². The second-order valence-electron chi connectivity index (χ2n) is 6.85. The zero-order chi connectivity index (χ0) is 20.4. The number of hydrogen-bond acceptors (Lipinski definition) is 5. The number of halogens is 3. The van der Waals surface area contributed by atoms with Gasteiger partial charge in [0.15, 0.2) is 0 Å². The molecule has 0 amide bonds. The third-order valence-corrected chi connectivity index (χ3v) is 4.78. The van der Waals surface area contributed by atoms with Gasteiger partial charge in [0.2, 0.25) is 5.88 Å². The fraction of sp³-hybridized carbons (Fsp3) is 0.238. The average molecular weight is 400 g/mol. The first kappa shape index (κ1) is 19.2. The summed E-state index contributed by atoms with van der Waals surface area (Å²) in [6, 6.07) is 15.4. The lowest BCUT2D eigenvalue weighted by Crippen LogP contribution is -2.26. The summed E-state index contributed by atoms with van der Waals surface area (Å²) < 4.78 is 42.6. The molecule has 0 spiro atoms. The van der Waals surface area contributed by atoms with Crippen molar-refractivity contribution in [2.45, 2.75) is 13.2 Å². The van der Waals surface area contributed by atoms with Gasteiger partial charge < -0.3 is 14.5 Å². The SMILES string of the molecule is CN1CCN(c2cccc(F)c2)c2ccc(-c3ccc(OC(F)F)nn3)cc2C1. The number of rotatable bonds is 4. The molecule has 1 aliphatic rings. The van der Waals surface area contributed by atoms with Crippen LogP contribution in [-0.4, -0.2) is 41.8 Å². The van der Waals surface area contributed by atoms with Crippen molar-refractivity contribution in [2.24, 2.45) is 0 Å². The molecule has 3 aromatic rings. The Bertz CT molecular complexity index is 997. The molecule has 0 bridgehead atoms. The molecule has 0 N–H and O–H groups in total. The van der Waals surface area contributed by atoms with E-state index in [1.807, 2.05) is 31.3 Å². The van der Waals surface area contributed by atoms with E-state index >= 15 is 0 Å². The zero-order valence-corrected chi connectivity index (χ0v) is 15.7. The minimum absolute atomic E-state index is 0.226. The van der Waals surface area contributed by atoms with Crippen molar-refractivity contribution in [2.75, 3.05) is 25.0 Å². The van der Waals surface area contributed by atoms with Gasteiger partial charge >= 0.3 is 6.61 Å². The highest BCUT2D eigenvalue weighted by molar-refractivity contribution is 5.72. The van der Waals surface area contributed by atoms with Crippen molar-refractivity contribution < 1.29 is 17.9 Å². The van der Waals surface area contributed by atoms with Crippen molar-refractivity contribution in [3.8, 4) is 17.1 Å². The number of nitrogens with zero attached hydrogens (tertiary/aromatic N) is 4. The summed E-state index contributed by atoms with van der Waals surface area (Å²) in [5.41, 5.74) is 4.21. The molecular weight excluding hydrogens is 381 g/mol. The third kappa shape index (κ3) is 4.32. The van der Waals surface area contributed by atoms with E-state index in [1.54, 1.807) is 12.1 Å². The van der Waals surface area contributed by atoms with Gasteiger partial charge in [0, 0.05) is 42.6 Å². The Kier molecular flexibility index (Phi) is 5.35. The van der Waals surface area contributed by atoms with E-state index in [9.17, 15) is 13.2 Å². The van der Waals surface area contributed by atoms with E-state index in [-0.39, 0.29) is 11.7 Å². The van der Waals surface area contributed by atoms with E-state index in [0.29, 0.717) is 5.69 Å². The van der Waals surface area contributed by atoms with Crippen LogP contribution in [0.5, 0.6) is 5.88 Å². The highest BCUT2D eigenvalue weighted by atomic mass is 19.3. The lowest BCUT2D eigenvalue weighted by molar-refractivity contribution is -0.0534. The Morgan fingerprint density at radius 2 is 1.86 bits per heavy atom. The molecule has 5 nitrogen and oxygen atoms in total. The maximum absolute atomic E-state index is 13.8. The largest absolute Gasteiger partial charge is 0.415 e. The molecular formula is C21H19F3N4O. The maximum atomic E-state index is 13.8. The molecule has 0 radical (unpaired) electrons. The lowest BCUT2D eigenvalue weighted by Gasteiger charge is -2.25. The number of alkyl halides is 2. The van der Waals surface area contributed by atoms with Gasteiger partial charge in [-0.05, 0) is 49.0 Å². The molecule has 0 aliphatic carbocycles. The number of aromatic nitrogens is 2. The van der Waals surface area contributed by atoms with Crippen LogP contribution in [0, 0.1) is 5.82 Å². The Hall–Kier alpha value is -3.13. The monoisotopic (exact) mass is 400 g/mol. The van der Waals surface area contributed by atoms with Crippen LogP contribution < -0.4 is 9.64 Å². The molecule has 0 fully saturated rings. The smallest absolute Gasteiger partial charge is 0.388 e. The standard InChI is InChI=1S/C21H19F3N4O/c1-27-9-10-28(17-4-2-3-16(22)12-17)19-7-5-14(11-15(19)13-27)18-6-8-20(26-25-18)29-21(23)24/h2-8,11-12,21H,9-10,13H2,1H3. The molecule has 0 saturated carbocycles. The highest BCUT2D eigenvalue weighted by Gasteiger charge is 2.20. The van der Waals surface area contributed by atoms with Gasteiger partial charge in [0.1, 0.15) is 5.82 Å². The molecule has 0 unspecified atom stereocenters. The van der Waals surface area contributed by atoms with E-state index in [1.165, 1.54) is 18.2 Å². The van der Waals surface area contributed by atoms with Gasteiger partial charge in [0.25, 0.3) is 0 Å². The van der Waals surface area contributed by atoms with Crippen molar-refractivity contribution >= 4 is 11.4 Å². The third-order valence-electron chi connectivity index (χ3n) is 4.78. The first-order valence-corrected chi connectivity index (χ1v) is 9.13. The number of anilines is 2. The van der Waals surface area contributed by atoms with Crippen LogP contribution in [0.25, 0.3) is 11.3 Å². The number of ether oxygens (including phenoxy) is 1. The number of likely N-dealkylation sites (N-methyl/N-ethyl adjacent to an activating group) is 1. The fourth-order valence-corrected chi connectivity index (χ4v) is 3.44. The normalized spacial score (nSPS) is 14.6. The number of benzene rings is 2. The summed E-state index contributed by atoms with van der Waals surface area (Å²) in [6.45, 7) is -0.673. The molecule has 4 rings (SSSR count). The lowest BCUT2D eigenvalue weighted by atomic mass is 10.0. The van der Waals surface area contributed by atoms with E-state index in [4.69, 9.17) is 0 Å². The van der Waals surface area contributed by atoms with Crippen LogP contribution in [0.3, 0.4) is 0 Å². The second kappa shape index (κ2) is 8.08. The quantitative estimate of drug-likeness (QED) is 0.647. The van der Waals surface area contributed by atoms with Gasteiger partial charge in [-0.1, -0.05) is 12.1 Å². The molecule has 29 heavy (non-hydrogen) atoms. The average Bonchev–Trinajstić information content (AvgIpc) is 2.85. The topological polar surface area (TPSA) is 41.5 Å². The minimum Gasteiger partial charge on any atom is -0.415 e. The van der Waals surface area contributed by atoms with Crippen LogP contribution in [0.1, 0.15) is 5.56 Å². The van der Waals surface area contributed by atoms with Crippen molar-refractivity contribution in [1.82, 2.24) is 15.1 Å². The van der Waals surface area contributed by atoms with Crippen LogP contribution in [0.4, 0.5) is 24.5 Å². The van der Waals surface area contributed by atoms with Gasteiger partial charge in [0.05, 0.1) is 5.69 Å². The van der Waals surface area contributed by atoms with E-state index in [0.717, 1.165) is 42.1 Å². The zero-order valence-electron chi connectivity index (χ0n) is 15.7. The Labute approximate surface area is 166 Å². The number of hydrogen-bond donors (Lipinski definition) is 0. The van der Waals surface area contributed by atoms with Crippen molar-refractivity contribution in [3.05, 3.63) is 66.0 Å². The molecule has 8 heteroatoms. The molecule has 1 aliphatic heterocycles. The summed E-state index contributed by atoms with van der Waals surface area (Å²) in [6.07, 6.45) is 0. The molecule has 0 saturated heterocycles. The first-order valence-electron chi connectivity index (χ1n) is 9.13. The Morgan fingerprint density at radius 3 is 2.59 bits per heavy atom. The van der Waals surface area contributed by atoms with Gasteiger partial charge in [-0.15, -0.1) is 10.2 Å². The van der Waals surface area contributed by atoms with Crippen LogP contribution >= 0.6 is 0 Å². The summed E-state index contributed by atoms with van der Waals surface area (Å²) in [5, 5.41) is 7.70. The van der Waals surface area contributed by atoms with E-state index < -0.39 is 6.61 Å². The number of fused-ring (bicyclic) bond motifs is 1. The summed E-state index contributed by atoms with van der Waals surface area (Å²) in [4.78, 5) is 4.28. The van der Waals surface area contributed by atoms with Gasteiger partial charge in [-0.25, -0.2) is 4.39 Å². The Balaban J connectivity index is 1.69. The first-order chi connectivity index (χ1) is 14.0. The molecule has 1 aromatic heterocycles. The highest BCUT2D eigenvalue weighted by Crippen LogP contribution is 2.34. The summed E-state index contributed by atoms with van der Waals surface area (Å²) in [5.74, 6) is -0.504. The summed E-state index contributed by atoms with van der Waals surface area (Å²) in [7, 11) is 2.03. The van der Waals surface area contributed by atoms with E-state index in [2.05, 4.69) is 24.7 Å². The van der Waals surface area contributed by atoms with Crippen molar-refractivity contribution in [1.29, 1.82) is 0 Å². The molecule has 2 aromatic carbocycles. The molecule has 150 valence electrons. The Morgan fingerprint density at radius 1 is 1.00 bits per heavy atom. The van der Waals surface area contributed by atoms with Crippen LogP contribution in [-0.2, 0) is 6.54 Å².